The maximum absolute atomic E-state index is 11.6. The maximum Gasteiger partial charge on any atom is 0.308 e. The normalized spacial score (nSPS) is 26.9. The van der Waals surface area contributed by atoms with E-state index in [1.165, 1.54) is 14.1 Å². The first kappa shape index (κ1) is 13.4. The van der Waals surface area contributed by atoms with Gasteiger partial charge in [0.15, 0.2) is 0 Å². The van der Waals surface area contributed by atoms with E-state index >= 15 is 0 Å². The molecule has 7 heteroatoms. The molecule has 1 aliphatic rings. The number of hydrogen-bond acceptors (Lipinski definition) is 3. The smallest absolute Gasteiger partial charge is 0.308 e. The molecule has 1 saturated carbocycles. The average molecular weight is 250 g/mol. The van der Waals surface area contributed by atoms with Crippen molar-refractivity contribution in [2.45, 2.75) is 31.7 Å². The molecule has 0 aromatic heterocycles. The average Bonchev–Trinajstić information content (AvgIpc) is 2.17. The summed E-state index contributed by atoms with van der Waals surface area (Å²) in [7, 11) is -0.709. The highest BCUT2D eigenvalue weighted by molar-refractivity contribution is 7.87. The Morgan fingerprint density at radius 2 is 1.88 bits per heavy atom. The van der Waals surface area contributed by atoms with E-state index in [0.717, 1.165) is 17.1 Å². The van der Waals surface area contributed by atoms with Crippen LogP contribution in [0.15, 0.2) is 0 Å². The molecular formula is C9H18N2O4S. The SMILES string of the molecule is CN(C)S(=O)(=O)NC1CCCCC1C(=O)O. The first-order valence-electron chi connectivity index (χ1n) is 5.27. The first-order chi connectivity index (χ1) is 7.34. The van der Waals surface area contributed by atoms with Crippen LogP contribution in [-0.4, -0.2) is 43.9 Å². The molecule has 0 radical (unpaired) electrons. The van der Waals surface area contributed by atoms with Crippen LogP contribution in [0.25, 0.3) is 0 Å². The summed E-state index contributed by atoms with van der Waals surface area (Å²) in [6, 6.07) is -0.487. The van der Waals surface area contributed by atoms with Gasteiger partial charge in [-0.3, -0.25) is 4.79 Å². The molecule has 0 heterocycles. The van der Waals surface area contributed by atoms with Crippen molar-refractivity contribution in [3.63, 3.8) is 0 Å². The third-order valence-corrected chi connectivity index (χ3v) is 4.43. The predicted molar refractivity (Wildman–Crippen MR) is 59.1 cm³/mol. The molecule has 0 aliphatic heterocycles. The summed E-state index contributed by atoms with van der Waals surface area (Å²) in [4.78, 5) is 11.0. The summed E-state index contributed by atoms with van der Waals surface area (Å²) in [5.41, 5.74) is 0. The van der Waals surface area contributed by atoms with Crippen LogP contribution in [0.3, 0.4) is 0 Å². The predicted octanol–water partition coefficient (Wildman–Crippen LogP) is 0.0258. The highest BCUT2D eigenvalue weighted by atomic mass is 32.2. The van der Waals surface area contributed by atoms with Gasteiger partial charge in [0.25, 0.3) is 10.2 Å². The molecule has 2 N–H and O–H groups in total. The zero-order valence-corrected chi connectivity index (χ0v) is 10.3. The van der Waals surface area contributed by atoms with Crippen LogP contribution in [-0.2, 0) is 15.0 Å². The van der Waals surface area contributed by atoms with Gasteiger partial charge in [0.2, 0.25) is 0 Å². The number of carboxylic acids is 1. The Morgan fingerprint density at radius 3 is 2.38 bits per heavy atom. The molecule has 0 saturated heterocycles. The van der Waals surface area contributed by atoms with Gasteiger partial charge in [-0.05, 0) is 12.8 Å². The van der Waals surface area contributed by atoms with Crippen LogP contribution in [0.5, 0.6) is 0 Å². The molecule has 1 aliphatic carbocycles. The van der Waals surface area contributed by atoms with Crippen molar-refractivity contribution < 1.29 is 18.3 Å². The number of rotatable bonds is 4. The minimum Gasteiger partial charge on any atom is -0.481 e. The van der Waals surface area contributed by atoms with Crippen LogP contribution in [0.2, 0.25) is 0 Å². The molecule has 6 nitrogen and oxygen atoms in total. The van der Waals surface area contributed by atoms with Crippen molar-refractivity contribution in [2.24, 2.45) is 5.92 Å². The zero-order valence-electron chi connectivity index (χ0n) is 9.51. The minimum atomic E-state index is -3.54. The summed E-state index contributed by atoms with van der Waals surface area (Å²) in [6.45, 7) is 0. The maximum atomic E-state index is 11.6. The minimum absolute atomic E-state index is 0.487. The zero-order chi connectivity index (χ0) is 12.3. The quantitative estimate of drug-likeness (QED) is 0.736. The molecule has 0 aromatic rings. The summed E-state index contributed by atoms with van der Waals surface area (Å²) in [5, 5.41) is 9.00. The fourth-order valence-electron chi connectivity index (χ4n) is 1.86. The second-order valence-electron chi connectivity index (χ2n) is 4.24. The van der Waals surface area contributed by atoms with E-state index in [1.54, 1.807) is 0 Å². The van der Waals surface area contributed by atoms with E-state index in [0.29, 0.717) is 12.8 Å². The van der Waals surface area contributed by atoms with Crippen LogP contribution < -0.4 is 4.72 Å². The molecule has 2 unspecified atom stereocenters. The van der Waals surface area contributed by atoms with E-state index in [2.05, 4.69) is 4.72 Å². The third kappa shape index (κ3) is 3.16. The highest BCUT2D eigenvalue weighted by Crippen LogP contribution is 2.25. The Labute approximate surface area is 95.8 Å². The van der Waals surface area contributed by atoms with Crippen molar-refractivity contribution in [2.75, 3.05) is 14.1 Å². The van der Waals surface area contributed by atoms with Crippen LogP contribution in [0, 0.1) is 5.92 Å². The van der Waals surface area contributed by atoms with Gasteiger partial charge in [-0.2, -0.15) is 17.4 Å². The Hall–Kier alpha value is -0.660. The van der Waals surface area contributed by atoms with Crippen molar-refractivity contribution >= 4 is 16.2 Å². The molecule has 0 amide bonds. The van der Waals surface area contributed by atoms with E-state index < -0.39 is 28.1 Å². The number of nitrogens with zero attached hydrogens (tertiary/aromatic N) is 1. The topological polar surface area (TPSA) is 86.7 Å². The van der Waals surface area contributed by atoms with Crippen LogP contribution >= 0.6 is 0 Å². The molecule has 94 valence electrons. The van der Waals surface area contributed by atoms with Gasteiger partial charge in [-0.15, -0.1) is 0 Å². The summed E-state index contributed by atoms with van der Waals surface area (Å²) < 4.78 is 26.7. The Bertz CT molecular complexity index is 353. The summed E-state index contributed by atoms with van der Waals surface area (Å²) >= 11 is 0. The second kappa shape index (κ2) is 5.11. The van der Waals surface area contributed by atoms with Gasteiger partial charge in [0.1, 0.15) is 0 Å². The van der Waals surface area contributed by atoms with Gasteiger partial charge in [0.05, 0.1) is 5.92 Å². The first-order valence-corrected chi connectivity index (χ1v) is 6.71. The lowest BCUT2D eigenvalue weighted by Gasteiger charge is -2.29. The van der Waals surface area contributed by atoms with Crippen molar-refractivity contribution in [1.29, 1.82) is 0 Å². The molecule has 0 spiro atoms. The summed E-state index contributed by atoms with van der Waals surface area (Å²) in [5.74, 6) is -1.53. The Balaban J connectivity index is 2.74. The highest BCUT2D eigenvalue weighted by Gasteiger charge is 2.33. The van der Waals surface area contributed by atoms with Gasteiger partial charge in [-0.25, -0.2) is 0 Å². The Kier molecular flexibility index (Phi) is 4.28. The fraction of sp³-hybridized carbons (Fsp3) is 0.889. The van der Waals surface area contributed by atoms with Gasteiger partial charge < -0.3 is 5.11 Å². The van der Waals surface area contributed by atoms with Crippen molar-refractivity contribution in [3.8, 4) is 0 Å². The molecular weight excluding hydrogens is 232 g/mol. The molecule has 1 fully saturated rings. The number of nitrogens with one attached hydrogen (secondary N) is 1. The van der Waals surface area contributed by atoms with Gasteiger partial charge in [-0.1, -0.05) is 12.8 Å². The largest absolute Gasteiger partial charge is 0.481 e. The van der Waals surface area contributed by atoms with Gasteiger partial charge >= 0.3 is 5.97 Å². The number of aliphatic carboxylic acids is 1. The lowest BCUT2D eigenvalue weighted by molar-refractivity contribution is -0.143. The standard InChI is InChI=1S/C9H18N2O4S/c1-11(2)16(14,15)10-8-6-4-3-5-7(8)9(12)13/h7-8,10H,3-6H2,1-2H3,(H,12,13). The van der Waals surface area contributed by atoms with Crippen LogP contribution in [0.1, 0.15) is 25.7 Å². The third-order valence-electron chi connectivity index (χ3n) is 2.86. The lowest BCUT2D eigenvalue weighted by Crippen LogP contribution is -2.48. The number of carbonyl (C=O) groups is 1. The Morgan fingerprint density at radius 1 is 1.31 bits per heavy atom. The number of hydrogen-bond donors (Lipinski definition) is 2. The molecule has 0 bridgehead atoms. The molecule has 2 atom stereocenters. The monoisotopic (exact) mass is 250 g/mol. The van der Waals surface area contributed by atoms with E-state index in [-0.39, 0.29) is 0 Å². The van der Waals surface area contributed by atoms with Gasteiger partial charge in [0, 0.05) is 20.1 Å². The molecule has 1 rings (SSSR count). The number of carboxylic acid groups (broad SMARTS) is 1. The van der Waals surface area contributed by atoms with Crippen molar-refractivity contribution in [3.05, 3.63) is 0 Å². The van der Waals surface area contributed by atoms with Crippen molar-refractivity contribution in [1.82, 2.24) is 9.03 Å². The summed E-state index contributed by atoms with van der Waals surface area (Å²) in [6.07, 6.45) is 2.83. The van der Waals surface area contributed by atoms with E-state index in [9.17, 15) is 13.2 Å². The van der Waals surface area contributed by atoms with E-state index in [1.807, 2.05) is 0 Å². The second-order valence-corrected chi connectivity index (χ2v) is 6.16. The molecule has 16 heavy (non-hydrogen) atoms. The van der Waals surface area contributed by atoms with Crippen LogP contribution in [0.4, 0.5) is 0 Å². The van der Waals surface area contributed by atoms with E-state index in [4.69, 9.17) is 5.11 Å². The lowest BCUT2D eigenvalue weighted by atomic mass is 9.85. The fourth-order valence-corrected chi connectivity index (χ4v) is 2.74. The molecule has 0 aromatic carbocycles.